The Bertz CT molecular complexity index is 414. The Morgan fingerprint density at radius 1 is 1.41 bits per heavy atom. The van der Waals surface area contributed by atoms with Gasteiger partial charge in [-0.05, 0) is 37.0 Å². The molecule has 0 radical (unpaired) electrons. The van der Waals surface area contributed by atoms with Gasteiger partial charge >= 0.3 is 0 Å². The first-order valence-corrected chi connectivity index (χ1v) is 6.38. The molecule has 3 N–H and O–H groups in total. The highest BCUT2D eigenvalue weighted by Gasteiger charge is 2.17. The SMILES string of the molecule is Nc1ccc(Cl)c(C(=O)NCC2CCCC2)c1. The summed E-state index contributed by atoms with van der Waals surface area (Å²) in [4.78, 5) is 11.9. The zero-order valence-electron chi connectivity index (χ0n) is 9.71. The predicted octanol–water partition coefficient (Wildman–Crippen LogP) is 2.84. The maximum atomic E-state index is 11.9. The van der Waals surface area contributed by atoms with Gasteiger partial charge in [-0.1, -0.05) is 24.4 Å². The van der Waals surface area contributed by atoms with Crippen LogP contribution in [0.3, 0.4) is 0 Å². The molecule has 1 aromatic rings. The third kappa shape index (κ3) is 3.13. The van der Waals surface area contributed by atoms with Crippen molar-refractivity contribution in [1.29, 1.82) is 0 Å². The lowest BCUT2D eigenvalue weighted by molar-refractivity contribution is 0.0947. The van der Waals surface area contributed by atoms with Gasteiger partial charge in [-0.2, -0.15) is 0 Å². The van der Waals surface area contributed by atoms with Crippen LogP contribution in [0.1, 0.15) is 36.0 Å². The van der Waals surface area contributed by atoms with Gasteiger partial charge in [0.05, 0.1) is 10.6 Å². The number of hydrogen-bond acceptors (Lipinski definition) is 2. The molecular formula is C13H17ClN2O. The van der Waals surface area contributed by atoms with Crippen LogP contribution in [0.15, 0.2) is 18.2 Å². The number of benzene rings is 1. The molecule has 1 amide bonds. The number of hydrogen-bond donors (Lipinski definition) is 2. The average molecular weight is 253 g/mol. The number of nitrogens with two attached hydrogens (primary N) is 1. The molecule has 1 aromatic carbocycles. The number of carbonyl (C=O) groups is 1. The summed E-state index contributed by atoms with van der Waals surface area (Å²) in [5.74, 6) is 0.494. The van der Waals surface area contributed by atoms with Crippen LogP contribution in [0.4, 0.5) is 5.69 Å². The summed E-state index contributed by atoms with van der Waals surface area (Å²) in [5.41, 5.74) is 6.66. The second-order valence-electron chi connectivity index (χ2n) is 4.60. The molecule has 0 saturated heterocycles. The van der Waals surface area contributed by atoms with Crippen molar-refractivity contribution in [3.05, 3.63) is 28.8 Å². The van der Waals surface area contributed by atoms with E-state index in [2.05, 4.69) is 5.32 Å². The normalized spacial score (nSPS) is 16.1. The van der Waals surface area contributed by atoms with E-state index >= 15 is 0 Å². The van der Waals surface area contributed by atoms with Crippen molar-refractivity contribution < 1.29 is 4.79 Å². The van der Waals surface area contributed by atoms with Crippen molar-refractivity contribution in [3.8, 4) is 0 Å². The fraction of sp³-hybridized carbons (Fsp3) is 0.462. The minimum Gasteiger partial charge on any atom is -0.399 e. The van der Waals surface area contributed by atoms with Crippen LogP contribution in [-0.2, 0) is 0 Å². The lowest BCUT2D eigenvalue weighted by Gasteiger charge is -2.11. The first-order chi connectivity index (χ1) is 8.16. The van der Waals surface area contributed by atoms with Crippen LogP contribution < -0.4 is 11.1 Å². The summed E-state index contributed by atoms with van der Waals surface area (Å²) in [7, 11) is 0. The van der Waals surface area contributed by atoms with Gasteiger partial charge in [0.25, 0.3) is 5.91 Å². The highest BCUT2D eigenvalue weighted by molar-refractivity contribution is 6.34. The molecule has 0 heterocycles. The van der Waals surface area contributed by atoms with Gasteiger partial charge in [-0.15, -0.1) is 0 Å². The summed E-state index contributed by atoms with van der Waals surface area (Å²) in [6.45, 7) is 0.740. The maximum absolute atomic E-state index is 11.9. The first-order valence-electron chi connectivity index (χ1n) is 6.00. The van der Waals surface area contributed by atoms with E-state index in [1.54, 1.807) is 18.2 Å². The zero-order chi connectivity index (χ0) is 12.3. The van der Waals surface area contributed by atoms with Crippen LogP contribution in [0.25, 0.3) is 0 Å². The Hall–Kier alpha value is -1.22. The van der Waals surface area contributed by atoms with E-state index in [0.29, 0.717) is 22.2 Å². The molecule has 2 rings (SSSR count). The molecule has 1 saturated carbocycles. The van der Waals surface area contributed by atoms with Crippen molar-refractivity contribution in [2.45, 2.75) is 25.7 Å². The van der Waals surface area contributed by atoms with E-state index in [-0.39, 0.29) is 5.91 Å². The molecule has 3 nitrogen and oxygen atoms in total. The van der Waals surface area contributed by atoms with Crippen molar-refractivity contribution >= 4 is 23.2 Å². The Labute approximate surface area is 106 Å². The van der Waals surface area contributed by atoms with Gasteiger partial charge < -0.3 is 11.1 Å². The highest BCUT2D eigenvalue weighted by atomic mass is 35.5. The van der Waals surface area contributed by atoms with E-state index in [9.17, 15) is 4.79 Å². The van der Waals surface area contributed by atoms with Crippen molar-refractivity contribution in [2.75, 3.05) is 12.3 Å². The van der Waals surface area contributed by atoms with Gasteiger partial charge in [0.15, 0.2) is 0 Å². The topological polar surface area (TPSA) is 55.1 Å². The summed E-state index contributed by atoms with van der Waals surface area (Å²) in [6, 6.07) is 4.96. The lowest BCUT2D eigenvalue weighted by atomic mass is 10.1. The fourth-order valence-electron chi connectivity index (χ4n) is 2.26. The van der Waals surface area contributed by atoms with E-state index in [1.807, 2.05) is 0 Å². The Balaban J connectivity index is 1.96. The number of amides is 1. The highest BCUT2D eigenvalue weighted by Crippen LogP contribution is 2.24. The van der Waals surface area contributed by atoms with Crippen LogP contribution in [0.5, 0.6) is 0 Å². The fourth-order valence-corrected chi connectivity index (χ4v) is 2.47. The molecule has 17 heavy (non-hydrogen) atoms. The zero-order valence-corrected chi connectivity index (χ0v) is 10.5. The molecule has 0 aliphatic heterocycles. The summed E-state index contributed by atoms with van der Waals surface area (Å²) in [5, 5.41) is 3.38. The minimum atomic E-state index is -0.130. The standard InChI is InChI=1S/C13H17ClN2O/c14-12-6-5-10(15)7-11(12)13(17)16-8-9-3-1-2-4-9/h5-7,9H,1-4,8,15H2,(H,16,17). The second kappa shape index (κ2) is 5.41. The molecule has 0 atom stereocenters. The van der Waals surface area contributed by atoms with Gasteiger partial charge in [0.2, 0.25) is 0 Å². The Morgan fingerprint density at radius 2 is 2.12 bits per heavy atom. The molecule has 0 bridgehead atoms. The van der Waals surface area contributed by atoms with Gasteiger partial charge in [0.1, 0.15) is 0 Å². The summed E-state index contributed by atoms with van der Waals surface area (Å²) in [6.07, 6.45) is 4.98. The smallest absolute Gasteiger partial charge is 0.252 e. The number of nitrogens with one attached hydrogen (secondary N) is 1. The van der Waals surface area contributed by atoms with Crippen molar-refractivity contribution in [3.63, 3.8) is 0 Å². The molecule has 1 aliphatic rings. The van der Waals surface area contributed by atoms with E-state index in [1.165, 1.54) is 25.7 Å². The number of halogens is 1. The lowest BCUT2D eigenvalue weighted by Crippen LogP contribution is -2.28. The largest absolute Gasteiger partial charge is 0.399 e. The molecule has 92 valence electrons. The quantitative estimate of drug-likeness (QED) is 0.813. The van der Waals surface area contributed by atoms with E-state index < -0.39 is 0 Å². The predicted molar refractivity (Wildman–Crippen MR) is 70.2 cm³/mol. The van der Waals surface area contributed by atoms with E-state index in [4.69, 9.17) is 17.3 Å². The summed E-state index contributed by atoms with van der Waals surface area (Å²) < 4.78 is 0. The Kier molecular flexibility index (Phi) is 3.89. The van der Waals surface area contributed by atoms with Crippen LogP contribution in [0, 0.1) is 5.92 Å². The maximum Gasteiger partial charge on any atom is 0.252 e. The van der Waals surface area contributed by atoms with Gasteiger partial charge in [-0.25, -0.2) is 0 Å². The number of rotatable bonds is 3. The first kappa shape index (κ1) is 12.2. The van der Waals surface area contributed by atoms with Crippen LogP contribution >= 0.6 is 11.6 Å². The number of carbonyl (C=O) groups excluding carboxylic acids is 1. The van der Waals surface area contributed by atoms with Crippen molar-refractivity contribution in [2.24, 2.45) is 5.92 Å². The molecular weight excluding hydrogens is 236 g/mol. The Morgan fingerprint density at radius 3 is 2.82 bits per heavy atom. The molecule has 1 aliphatic carbocycles. The monoisotopic (exact) mass is 252 g/mol. The third-order valence-corrected chi connectivity index (χ3v) is 3.59. The minimum absolute atomic E-state index is 0.130. The molecule has 4 heteroatoms. The van der Waals surface area contributed by atoms with Crippen LogP contribution in [0.2, 0.25) is 5.02 Å². The second-order valence-corrected chi connectivity index (χ2v) is 5.01. The molecule has 0 aromatic heterocycles. The third-order valence-electron chi connectivity index (χ3n) is 3.26. The van der Waals surface area contributed by atoms with Gasteiger partial charge in [0, 0.05) is 12.2 Å². The average Bonchev–Trinajstić information content (AvgIpc) is 2.82. The van der Waals surface area contributed by atoms with E-state index in [0.717, 1.165) is 6.54 Å². The van der Waals surface area contributed by atoms with Crippen LogP contribution in [-0.4, -0.2) is 12.5 Å². The van der Waals surface area contributed by atoms with Gasteiger partial charge in [-0.3, -0.25) is 4.79 Å². The van der Waals surface area contributed by atoms with Crippen molar-refractivity contribution in [1.82, 2.24) is 5.32 Å². The molecule has 0 unspecified atom stereocenters. The molecule has 0 spiro atoms. The summed E-state index contributed by atoms with van der Waals surface area (Å²) >= 11 is 5.97. The molecule has 1 fully saturated rings. The number of anilines is 1. The number of nitrogen functional groups attached to an aromatic ring is 1.